The predicted molar refractivity (Wildman–Crippen MR) is 244 cm³/mol. The number of carbonyl (C=O) groups is 1. The van der Waals surface area contributed by atoms with E-state index in [-0.39, 0.29) is 12.5 Å². The second-order valence-electron chi connectivity index (χ2n) is 17.2. The Hall–Kier alpha value is -1.13. The number of rotatable bonds is 46. The highest BCUT2D eigenvalue weighted by atomic mass is 16.3. The molecule has 4 heteroatoms. The maximum atomic E-state index is 12.4. The molecule has 0 aliphatic heterocycles. The SMILES string of the molecule is CCCCCCCC/C=C/CC/C=C/C(O)C(CO)NC(=O)CCCCCCCCCCCCCCCCCCCCCCCCCCCCCCCCC. The summed E-state index contributed by atoms with van der Waals surface area (Å²) in [4.78, 5) is 12.4. The molecular weight excluding hydrogens is 675 g/mol. The number of hydrogen-bond donors (Lipinski definition) is 3. The number of amides is 1. The van der Waals surface area contributed by atoms with Crippen molar-refractivity contribution in [3.63, 3.8) is 0 Å². The summed E-state index contributed by atoms with van der Waals surface area (Å²) in [5.41, 5.74) is 0. The van der Waals surface area contributed by atoms with Gasteiger partial charge in [-0.25, -0.2) is 0 Å². The van der Waals surface area contributed by atoms with Gasteiger partial charge in [-0.1, -0.05) is 263 Å². The zero-order valence-electron chi connectivity index (χ0n) is 37.5. The first-order chi connectivity index (χ1) is 27.2. The molecular formula is C51H99NO3. The smallest absolute Gasteiger partial charge is 0.220 e. The minimum Gasteiger partial charge on any atom is -0.394 e. The Morgan fingerprint density at radius 1 is 0.418 bits per heavy atom. The van der Waals surface area contributed by atoms with E-state index in [0.717, 1.165) is 32.1 Å². The van der Waals surface area contributed by atoms with E-state index in [9.17, 15) is 15.0 Å². The van der Waals surface area contributed by atoms with Crippen molar-refractivity contribution in [2.75, 3.05) is 6.61 Å². The Labute approximate surface area is 345 Å². The number of aliphatic hydroxyl groups excluding tert-OH is 2. The van der Waals surface area contributed by atoms with Crippen molar-refractivity contribution in [3.05, 3.63) is 24.3 Å². The molecule has 0 saturated carbocycles. The fraction of sp³-hybridized carbons (Fsp3) is 0.902. The van der Waals surface area contributed by atoms with E-state index in [1.165, 1.54) is 225 Å². The van der Waals surface area contributed by atoms with E-state index >= 15 is 0 Å². The summed E-state index contributed by atoms with van der Waals surface area (Å²) in [6.45, 7) is 4.30. The zero-order valence-corrected chi connectivity index (χ0v) is 37.5. The largest absolute Gasteiger partial charge is 0.394 e. The molecule has 4 nitrogen and oxygen atoms in total. The summed E-state index contributed by atoms with van der Waals surface area (Å²) in [6, 6.07) is -0.634. The Kier molecular flexibility index (Phi) is 46.3. The molecule has 0 aliphatic carbocycles. The maximum Gasteiger partial charge on any atom is 0.220 e. The van der Waals surface area contributed by atoms with Crippen LogP contribution in [0.2, 0.25) is 0 Å². The Balaban J connectivity index is 3.41. The quantitative estimate of drug-likeness (QED) is 0.0426. The first-order valence-electron chi connectivity index (χ1n) is 25.1. The van der Waals surface area contributed by atoms with Crippen LogP contribution in [0.25, 0.3) is 0 Å². The third kappa shape index (κ3) is 43.8. The molecule has 0 aromatic rings. The van der Waals surface area contributed by atoms with Gasteiger partial charge in [-0.05, 0) is 32.1 Å². The number of aliphatic hydroxyl groups is 2. The molecule has 0 fully saturated rings. The Morgan fingerprint density at radius 3 is 1.05 bits per heavy atom. The molecule has 0 spiro atoms. The first-order valence-corrected chi connectivity index (χ1v) is 25.1. The van der Waals surface area contributed by atoms with Gasteiger partial charge < -0.3 is 15.5 Å². The molecule has 0 radical (unpaired) electrons. The summed E-state index contributed by atoms with van der Waals surface area (Å²) in [5.74, 6) is -0.0699. The highest BCUT2D eigenvalue weighted by molar-refractivity contribution is 5.76. The molecule has 55 heavy (non-hydrogen) atoms. The minimum atomic E-state index is -0.857. The molecule has 1 amide bonds. The highest BCUT2D eigenvalue weighted by Gasteiger charge is 2.17. The number of hydrogen-bond acceptors (Lipinski definition) is 3. The van der Waals surface area contributed by atoms with Crippen molar-refractivity contribution in [2.24, 2.45) is 0 Å². The van der Waals surface area contributed by atoms with Gasteiger partial charge in [0.2, 0.25) is 5.91 Å². The van der Waals surface area contributed by atoms with Crippen LogP contribution in [0, 0.1) is 0 Å². The second kappa shape index (κ2) is 47.2. The highest BCUT2D eigenvalue weighted by Crippen LogP contribution is 2.17. The molecule has 0 aliphatic rings. The lowest BCUT2D eigenvalue weighted by Crippen LogP contribution is -2.45. The summed E-state index contributed by atoms with van der Waals surface area (Å²) >= 11 is 0. The van der Waals surface area contributed by atoms with E-state index in [2.05, 4.69) is 31.3 Å². The van der Waals surface area contributed by atoms with Crippen LogP contribution in [0.4, 0.5) is 0 Å². The summed E-state index contributed by atoms with van der Waals surface area (Å²) in [6.07, 6.45) is 61.9. The van der Waals surface area contributed by atoms with Crippen molar-refractivity contribution in [1.82, 2.24) is 5.32 Å². The van der Waals surface area contributed by atoms with Crippen LogP contribution < -0.4 is 5.32 Å². The van der Waals surface area contributed by atoms with Crippen molar-refractivity contribution in [2.45, 2.75) is 289 Å². The van der Waals surface area contributed by atoms with Crippen LogP contribution in [0.5, 0.6) is 0 Å². The van der Waals surface area contributed by atoms with Crippen LogP contribution in [-0.2, 0) is 4.79 Å². The second-order valence-corrected chi connectivity index (χ2v) is 17.2. The van der Waals surface area contributed by atoms with Gasteiger partial charge in [0.05, 0.1) is 18.8 Å². The van der Waals surface area contributed by atoms with E-state index < -0.39 is 12.1 Å². The average molecular weight is 774 g/mol. The zero-order chi connectivity index (χ0) is 40.0. The van der Waals surface area contributed by atoms with Crippen LogP contribution in [0.1, 0.15) is 277 Å². The van der Waals surface area contributed by atoms with Gasteiger partial charge in [-0.15, -0.1) is 0 Å². The van der Waals surface area contributed by atoms with Gasteiger partial charge in [0.15, 0.2) is 0 Å². The first kappa shape index (κ1) is 53.9. The number of carbonyl (C=O) groups excluding carboxylic acids is 1. The summed E-state index contributed by atoms with van der Waals surface area (Å²) in [5, 5.41) is 23.0. The van der Waals surface area contributed by atoms with Gasteiger partial charge in [0, 0.05) is 6.42 Å². The molecule has 2 unspecified atom stereocenters. The third-order valence-electron chi connectivity index (χ3n) is 11.7. The molecule has 0 aromatic carbocycles. The molecule has 0 rings (SSSR count). The molecule has 0 heterocycles. The fourth-order valence-corrected chi connectivity index (χ4v) is 7.84. The fourth-order valence-electron chi connectivity index (χ4n) is 7.84. The Bertz CT molecular complexity index is 795. The Morgan fingerprint density at radius 2 is 0.709 bits per heavy atom. The van der Waals surface area contributed by atoms with E-state index in [4.69, 9.17) is 0 Å². The standard InChI is InChI=1S/C51H99NO3/c1-3-5-7-9-11-13-15-17-18-19-20-21-22-23-24-25-26-27-28-29-30-31-32-33-34-35-37-39-41-43-45-47-51(55)52-49(48-53)50(54)46-44-42-40-38-36-16-14-12-10-8-6-4-2/h36,38,44,46,49-50,53-54H,3-35,37,39-43,45,47-48H2,1-2H3,(H,52,55)/b38-36+,46-44+. The average Bonchev–Trinajstić information content (AvgIpc) is 3.19. The molecule has 326 valence electrons. The lowest BCUT2D eigenvalue weighted by Gasteiger charge is -2.19. The van der Waals surface area contributed by atoms with Gasteiger partial charge in [-0.3, -0.25) is 4.79 Å². The summed E-state index contributed by atoms with van der Waals surface area (Å²) in [7, 11) is 0. The van der Waals surface area contributed by atoms with Crippen LogP contribution in [0.15, 0.2) is 24.3 Å². The van der Waals surface area contributed by atoms with Crippen LogP contribution in [0.3, 0.4) is 0 Å². The minimum absolute atomic E-state index is 0.0699. The monoisotopic (exact) mass is 774 g/mol. The molecule has 3 N–H and O–H groups in total. The van der Waals surface area contributed by atoms with Crippen LogP contribution >= 0.6 is 0 Å². The van der Waals surface area contributed by atoms with E-state index in [1.807, 2.05) is 6.08 Å². The van der Waals surface area contributed by atoms with Gasteiger partial charge >= 0.3 is 0 Å². The predicted octanol–water partition coefficient (Wildman–Crippen LogP) is 16.0. The van der Waals surface area contributed by atoms with Crippen molar-refractivity contribution >= 4 is 5.91 Å². The lowest BCUT2D eigenvalue weighted by atomic mass is 10.0. The normalized spacial score (nSPS) is 13.0. The third-order valence-corrected chi connectivity index (χ3v) is 11.7. The number of allylic oxidation sites excluding steroid dienone is 3. The van der Waals surface area contributed by atoms with Gasteiger partial charge in [0.25, 0.3) is 0 Å². The van der Waals surface area contributed by atoms with Gasteiger partial charge in [0.1, 0.15) is 0 Å². The molecule has 0 saturated heterocycles. The van der Waals surface area contributed by atoms with Crippen molar-refractivity contribution in [1.29, 1.82) is 0 Å². The maximum absolute atomic E-state index is 12.4. The number of nitrogens with one attached hydrogen (secondary N) is 1. The topological polar surface area (TPSA) is 69.6 Å². The van der Waals surface area contributed by atoms with Crippen molar-refractivity contribution in [3.8, 4) is 0 Å². The van der Waals surface area contributed by atoms with Gasteiger partial charge in [-0.2, -0.15) is 0 Å². The number of unbranched alkanes of at least 4 members (excludes halogenated alkanes) is 37. The lowest BCUT2D eigenvalue weighted by molar-refractivity contribution is -0.123. The van der Waals surface area contributed by atoms with E-state index in [0.29, 0.717) is 6.42 Å². The summed E-state index contributed by atoms with van der Waals surface area (Å²) < 4.78 is 0. The van der Waals surface area contributed by atoms with Crippen molar-refractivity contribution < 1.29 is 15.0 Å². The molecule has 2 atom stereocenters. The van der Waals surface area contributed by atoms with E-state index in [1.54, 1.807) is 6.08 Å². The van der Waals surface area contributed by atoms with Crippen LogP contribution in [-0.4, -0.2) is 34.9 Å². The molecule has 0 bridgehead atoms. The molecule has 0 aromatic heterocycles.